The molecular formula is C27H29F2NO4. The lowest BCUT2D eigenvalue weighted by Crippen LogP contribution is -2.43. The Balaban J connectivity index is 1.52. The van der Waals surface area contributed by atoms with Gasteiger partial charge in [-0.05, 0) is 86.8 Å². The molecule has 2 aliphatic carbocycles. The van der Waals surface area contributed by atoms with E-state index in [1.807, 2.05) is 12.3 Å². The third-order valence-electron chi connectivity index (χ3n) is 7.32. The fourth-order valence-electron chi connectivity index (χ4n) is 5.41. The second kappa shape index (κ2) is 8.69. The van der Waals surface area contributed by atoms with Crippen molar-refractivity contribution in [2.24, 2.45) is 0 Å². The molecule has 1 unspecified atom stereocenters. The smallest absolute Gasteiger partial charge is 0.345 e. The van der Waals surface area contributed by atoms with Crippen LogP contribution in [0.3, 0.4) is 0 Å². The first kappa shape index (κ1) is 22.8. The van der Waals surface area contributed by atoms with E-state index in [4.69, 9.17) is 9.47 Å². The molecule has 2 fully saturated rings. The number of aromatic amines is 1. The number of hydrogen-bond acceptors (Lipinski definition) is 3. The van der Waals surface area contributed by atoms with Crippen LogP contribution in [0.15, 0.2) is 42.6 Å². The number of benzene rings is 2. The van der Waals surface area contributed by atoms with Crippen molar-refractivity contribution >= 4 is 16.9 Å². The van der Waals surface area contributed by atoms with Gasteiger partial charge in [0.2, 0.25) is 0 Å². The molecule has 7 heteroatoms. The summed E-state index contributed by atoms with van der Waals surface area (Å²) in [5, 5.41) is 10.3. The van der Waals surface area contributed by atoms with E-state index in [9.17, 15) is 18.7 Å². The summed E-state index contributed by atoms with van der Waals surface area (Å²) in [6.07, 6.45) is 5.30. The lowest BCUT2D eigenvalue weighted by Gasteiger charge is -2.42. The third kappa shape index (κ3) is 4.41. The predicted molar refractivity (Wildman–Crippen MR) is 125 cm³/mol. The molecule has 3 atom stereocenters. The molecule has 0 spiro atoms. The highest BCUT2D eigenvalue weighted by molar-refractivity contribution is 5.90. The number of carboxylic acid groups (broad SMARTS) is 1. The second-order valence-corrected chi connectivity index (χ2v) is 9.91. The molecule has 0 saturated heterocycles. The predicted octanol–water partition coefficient (Wildman–Crippen LogP) is 6.76. The highest BCUT2D eigenvalue weighted by Gasteiger charge is 2.43. The Morgan fingerprint density at radius 1 is 1.18 bits per heavy atom. The number of alkyl halides is 2. The number of rotatable bonds is 7. The molecule has 0 aliphatic heterocycles. The number of halogens is 2. The lowest BCUT2D eigenvalue weighted by molar-refractivity contribution is -0.218. The molecule has 0 radical (unpaired) electrons. The van der Waals surface area contributed by atoms with E-state index in [1.165, 1.54) is 11.1 Å². The number of carboxylic acids is 1. The summed E-state index contributed by atoms with van der Waals surface area (Å²) in [5.74, 6) is 0.136. The minimum atomic E-state index is -2.85. The Hall–Kier alpha value is -2.93. The van der Waals surface area contributed by atoms with Crippen LogP contribution in [0.2, 0.25) is 0 Å². The Morgan fingerprint density at radius 3 is 2.56 bits per heavy atom. The van der Waals surface area contributed by atoms with E-state index in [0.717, 1.165) is 35.1 Å². The van der Waals surface area contributed by atoms with Gasteiger partial charge >= 0.3 is 12.6 Å². The molecule has 2 N–H and O–H groups in total. The van der Waals surface area contributed by atoms with Crippen molar-refractivity contribution in [2.75, 3.05) is 0 Å². The van der Waals surface area contributed by atoms with Crippen LogP contribution in [-0.2, 0) is 4.74 Å². The molecule has 3 aromatic rings. The summed E-state index contributed by atoms with van der Waals surface area (Å²) in [6, 6.07) is 10.9. The summed E-state index contributed by atoms with van der Waals surface area (Å²) in [4.78, 5) is 14.6. The van der Waals surface area contributed by atoms with Gasteiger partial charge in [0.15, 0.2) is 0 Å². The maximum absolute atomic E-state index is 13.2. The fourth-order valence-corrected chi connectivity index (χ4v) is 5.41. The number of aromatic carboxylic acids is 1. The van der Waals surface area contributed by atoms with Crippen LogP contribution in [0.1, 0.15) is 77.9 Å². The molecule has 180 valence electrons. The van der Waals surface area contributed by atoms with Gasteiger partial charge in [0.25, 0.3) is 0 Å². The van der Waals surface area contributed by atoms with E-state index >= 15 is 0 Å². The van der Waals surface area contributed by atoms with E-state index in [-0.39, 0.29) is 17.6 Å². The summed E-state index contributed by atoms with van der Waals surface area (Å²) < 4.78 is 38.2. The number of aryl methyl sites for hydroxylation is 1. The van der Waals surface area contributed by atoms with Crippen LogP contribution in [-0.4, -0.2) is 34.4 Å². The second-order valence-electron chi connectivity index (χ2n) is 9.91. The summed E-state index contributed by atoms with van der Waals surface area (Å²) in [6.45, 7) is 0.963. The van der Waals surface area contributed by atoms with E-state index in [0.29, 0.717) is 25.2 Å². The normalized spacial score (nSPS) is 25.1. The molecule has 0 amide bonds. The van der Waals surface area contributed by atoms with Gasteiger partial charge in [0, 0.05) is 17.5 Å². The summed E-state index contributed by atoms with van der Waals surface area (Å²) in [7, 11) is 0. The van der Waals surface area contributed by atoms with Gasteiger partial charge in [-0.3, -0.25) is 0 Å². The van der Waals surface area contributed by atoms with Gasteiger partial charge < -0.3 is 19.6 Å². The zero-order valence-corrected chi connectivity index (χ0v) is 19.3. The molecule has 2 aromatic carbocycles. The quantitative estimate of drug-likeness (QED) is 0.401. The third-order valence-corrected chi connectivity index (χ3v) is 7.32. The van der Waals surface area contributed by atoms with Crippen molar-refractivity contribution in [3.63, 3.8) is 0 Å². The number of carbonyl (C=O) groups is 1. The first-order valence-electron chi connectivity index (χ1n) is 11.8. The van der Waals surface area contributed by atoms with Crippen LogP contribution >= 0.6 is 0 Å². The standard InChI is InChI=1S/C27H29F2NO4/c1-15-13-20(16-3-4-16)24(19-10-12-30-23(15)19)33-22-9-11-27(2,34-26(28)29)14-21(22)17-5-7-18(8-6-17)25(31)32/h5-8,10,12-13,16,21-22,26,30H,3-4,9,11,14H2,1-2H3,(H,31,32)/t21?,22-,27+/m1/s1. The Bertz CT molecular complexity index is 1200. The average Bonchev–Trinajstić information content (AvgIpc) is 3.51. The number of H-pyrrole nitrogens is 1. The maximum Gasteiger partial charge on any atom is 0.345 e. The van der Waals surface area contributed by atoms with Crippen molar-refractivity contribution in [1.82, 2.24) is 4.98 Å². The van der Waals surface area contributed by atoms with Gasteiger partial charge in [-0.2, -0.15) is 8.78 Å². The Morgan fingerprint density at radius 2 is 1.91 bits per heavy atom. The van der Waals surface area contributed by atoms with Crippen LogP contribution < -0.4 is 4.74 Å². The highest BCUT2D eigenvalue weighted by atomic mass is 19.3. The van der Waals surface area contributed by atoms with E-state index in [2.05, 4.69) is 18.0 Å². The molecule has 34 heavy (non-hydrogen) atoms. The highest BCUT2D eigenvalue weighted by Crippen LogP contribution is 2.50. The molecular weight excluding hydrogens is 440 g/mol. The van der Waals surface area contributed by atoms with Crippen molar-refractivity contribution < 1.29 is 28.2 Å². The topological polar surface area (TPSA) is 71.6 Å². The summed E-state index contributed by atoms with van der Waals surface area (Å²) >= 11 is 0. The molecule has 0 bridgehead atoms. The molecule has 1 heterocycles. The fraction of sp³-hybridized carbons (Fsp3) is 0.444. The molecule has 5 rings (SSSR count). The van der Waals surface area contributed by atoms with Gasteiger partial charge in [-0.15, -0.1) is 0 Å². The van der Waals surface area contributed by atoms with Crippen molar-refractivity contribution in [3.8, 4) is 5.75 Å². The SMILES string of the molecule is Cc1cc(C2CC2)c(O[C@@H]2CC[C@](C)(OC(F)F)CC2c2ccc(C(=O)O)cc2)c2cc[nH]c12. The van der Waals surface area contributed by atoms with Crippen molar-refractivity contribution in [3.05, 3.63) is 64.8 Å². The molecule has 2 saturated carbocycles. The minimum Gasteiger partial charge on any atom is -0.489 e. The van der Waals surface area contributed by atoms with Crippen LogP contribution in [0, 0.1) is 6.92 Å². The monoisotopic (exact) mass is 469 g/mol. The van der Waals surface area contributed by atoms with Gasteiger partial charge in [-0.25, -0.2) is 4.79 Å². The van der Waals surface area contributed by atoms with Gasteiger partial charge in [-0.1, -0.05) is 18.2 Å². The van der Waals surface area contributed by atoms with Crippen LogP contribution in [0.25, 0.3) is 10.9 Å². The van der Waals surface area contributed by atoms with Gasteiger partial charge in [0.1, 0.15) is 11.9 Å². The average molecular weight is 470 g/mol. The van der Waals surface area contributed by atoms with Gasteiger partial charge in [0.05, 0.1) is 16.7 Å². The summed E-state index contributed by atoms with van der Waals surface area (Å²) in [5.41, 5.74) is 3.50. The van der Waals surface area contributed by atoms with Crippen molar-refractivity contribution in [2.45, 2.75) is 76.1 Å². The number of fused-ring (bicyclic) bond motifs is 1. The zero-order valence-electron chi connectivity index (χ0n) is 19.3. The largest absolute Gasteiger partial charge is 0.489 e. The zero-order chi connectivity index (χ0) is 24.0. The van der Waals surface area contributed by atoms with E-state index < -0.39 is 18.2 Å². The van der Waals surface area contributed by atoms with Crippen LogP contribution in [0.4, 0.5) is 8.78 Å². The Labute approximate surface area is 197 Å². The van der Waals surface area contributed by atoms with E-state index in [1.54, 1.807) is 31.2 Å². The molecule has 5 nitrogen and oxygen atoms in total. The number of ether oxygens (including phenoxy) is 2. The first-order valence-corrected chi connectivity index (χ1v) is 11.8. The number of aromatic nitrogens is 1. The minimum absolute atomic E-state index is 0.187. The maximum atomic E-state index is 13.2. The molecule has 1 aromatic heterocycles. The first-order chi connectivity index (χ1) is 16.2. The number of nitrogens with one attached hydrogen (secondary N) is 1. The Kier molecular flexibility index (Phi) is 5.84. The lowest BCUT2D eigenvalue weighted by atomic mass is 9.74. The number of hydrogen-bond donors (Lipinski definition) is 2. The van der Waals surface area contributed by atoms with Crippen LogP contribution in [0.5, 0.6) is 5.75 Å². The molecule has 2 aliphatic rings. The van der Waals surface area contributed by atoms with Crippen molar-refractivity contribution in [1.29, 1.82) is 0 Å².